The lowest BCUT2D eigenvalue weighted by Gasteiger charge is -2.33. The molecule has 7 nitrogen and oxygen atoms in total. The van der Waals surface area contributed by atoms with Gasteiger partial charge in [0.05, 0.1) is 18.9 Å². The SMILES string of the molecule is CCC(C)n1nc(-c2cnc(N)c(OCC(F)(F)F)c2)cc1C1C2CC(N3CCOCC3)CC21. The lowest BCUT2D eigenvalue weighted by molar-refractivity contribution is -0.153. The van der Waals surface area contributed by atoms with Crippen LogP contribution in [0, 0.1) is 11.8 Å². The van der Waals surface area contributed by atoms with Gasteiger partial charge in [-0.3, -0.25) is 9.58 Å². The van der Waals surface area contributed by atoms with E-state index in [0.29, 0.717) is 35.1 Å². The highest BCUT2D eigenvalue weighted by Gasteiger charge is 2.58. The van der Waals surface area contributed by atoms with Gasteiger partial charge in [0.1, 0.15) is 0 Å². The van der Waals surface area contributed by atoms with Crippen LogP contribution in [0.25, 0.3) is 11.3 Å². The molecule has 1 saturated heterocycles. The first-order valence-corrected chi connectivity index (χ1v) is 12.1. The second kappa shape index (κ2) is 9.03. The van der Waals surface area contributed by atoms with Gasteiger partial charge < -0.3 is 15.2 Å². The van der Waals surface area contributed by atoms with Gasteiger partial charge in [0.15, 0.2) is 18.2 Å². The van der Waals surface area contributed by atoms with Crippen LogP contribution in [-0.2, 0) is 4.74 Å². The molecule has 2 N–H and O–H groups in total. The lowest BCUT2D eigenvalue weighted by Crippen LogP contribution is -2.43. The molecule has 0 radical (unpaired) electrons. The number of nitrogens with zero attached hydrogens (tertiary/aromatic N) is 4. The van der Waals surface area contributed by atoms with Gasteiger partial charge in [-0.1, -0.05) is 6.92 Å². The second-order valence-electron chi connectivity index (χ2n) is 9.79. The molecule has 3 heterocycles. The van der Waals surface area contributed by atoms with E-state index in [0.717, 1.165) is 32.7 Å². The summed E-state index contributed by atoms with van der Waals surface area (Å²) in [4.78, 5) is 6.64. The Morgan fingerprint density at radius 3 is 2.56 bits per heavy atom. The van der Waals surface area contributed by atoms with Crippen LogP contribution in [0.4, 0.5) is 19.0 Å². The minimum absolute atomic E-state index is 0.0690. The molecule has 0 bridgehead atoms. The Hall–Kier alpha value is -2.33. The number of aromatic nitrogens is 3. The third kappa shape index (κ3) is 4.62. The third-order valence-electron chi connectivity index (χ3n) is 7.67. The van der Waals surface area contributed by atoms with Crippen LogP contribution in [0.15, 0.2) is 18.3 Å². The highest BCUT2D eigenvalue weighted by Crippen LogP contribution is 2.64. The van der Waals surface area contributed by atoms with E-state index in [1.54, 1.807) is 6.20 Å². The first-order chi connectivity index (χ1) is 16.2. The summed E-state index contributed by atoms with van der Waals surface area (Å²) in [7, 11) is 0. The van der Waals surface area contributed by atoms with Gasteiger partial charge in [-0.2, -0.15) is 18.3 Å². The van der Waals surface area contributed by atoms with E-state index in [1.807, 2.05) is 0 Å². The van der Waals surface area contributed by atoms with Gasteiger partial charge in [0.25, 0.3) is 0 Å². The zero-order chi connectivity index (χ0) is 24.0. The van der Waals surface area contributed by atoms with Crippen LogP contribution in [0.2, 0.25) is 0 Å². The first-order valence-electron chi connectivity index (χ1n) is 12.1. The molecular weight excluding hydrogens is 447 g/mol. The maximum absolute atomic E-state index is 12.6. The summed E-state index contributed by atoms with van der Waals surface area (Å²) in [5.74, 6) is 1.66. The molecular formula is C24H32F3N5O2. The molecule has 3 unspecified atom stereocenters. The fourth-order valence-electron chi connectivity index (χ4n) is 5.69. The monoisotopic (exact) mass is 479 g/mol. The zero-order valence-corrected chi connectivity index (χ0v) is 19.6. The maximum atomic E-state index is 12.6. The Bertz CT molecular complexity index is 1010. The molecule has 186 valence electrons. The van der Waals surface area contributed by atoms with E-state index >= 15 is 0 Å². The maximum Gasteiger partial charge on any atom is 0.422 e. The number of ether oxygens (including phenoxy) is 2. The summed E-state index contributed by atoms with van der Waals surface area (Å²) in [6.45, 7) is 6.55. The van der Waals surface area contributed by atoms with E-state index < -0.39 is 12.8 Å². The van der Waals surface area contributed by atoms with Crippen molar-refractivity contribution in [3.05, 3.63) is 24.0 Å². The van der Waals surface area contributed by atoms with Crippen LogP contribution in [-0.4, -0.2) is 64.8 Å². The number of halogens is 3. The van der Waals surface area contributed by atoms with Crippen LogP contribution in [0.5, 0.6) is 5.75 Å². The van der Waals surface area contributed by atoms with E-state index in [4.69, 9.17) is 20.3 Å². The Morgan fingerprint density at radius 1 is 1.21 bits per heavy atom. The normalized spacial score (nSPS) is 28.0. The molecule has 0 amide bonds. The van der Waals surface area contributed by atoms with Gasteiger partial charge in [-0.05, 0) is 50.2 Å². The number of fused-ring (bicyclic) bond motifs is 1. The molecule has 2 aromatic heterocycles. The van der Waals surface area contributed by atoms with Crippen molar-refractivity contribution in [3.63, 3.8) is 0 Å². The van der Waals surface area contributed by atoms with E-state index in [-0.39, 0.29) is 17.6 Å². The minimum Gasteiger partial charge on any atom is -0.480 e. The van der Waals surface area contributed by atoms with Gasteiger partial charge in [0, 0.05) is 48.5 Å². The summed E-state index contributed by atoms with van der Waals surface area (Å²) < 4.78 is 50.4. The standard InChI is InChI=1S/C24H32F3N5O2/c1-3-14(2)32-20(22-17-9-16(10-18(17)22)31-4-6-33-7-5-31)11-19(30-32)15-8-21(23(28)29-12-15)34-13-24(25,26)27/h8,11-12,14,16-18,22H,3-7,9-10,13H2,1-2H3,(H2,28,29). The van der Waals surface area contributed by atoms with Crippen LogP contribution >= 0.6 is 0 Å². The number of hydrogen-bond acceptors (Lipinski definition) is 6. The predicted octanol–water partition coefficient (Wildman–Crippen LogP) is 4.26. The lowest BCUT2D eigenvalue weighted by atomic mass is 10.0. The number of rotatable bonds is 7. The Balaban J connectivity index is 1.36. The largest absolute Gasteiger partial charge is 0.480 e. The molecule has 2 aromatic rings. The average molecular weight is 480 g/mol. The number of hydrogen-bond donors (Lipinski definition) is 1. The fraction of sp³-hybridized carbons (Fsp3) is 0.667. The highest BCUT2D eigenvalue weighted by atomic mass is 19.4. The topological polar surface area (TPSA) is 78.4 Å². The zero-order valence-electron chi connectivity index (χ0n) is 19.6. The van der Waals surface area contributed by atoms with Gasteiger partial charge >= 0.3 is 6.18 Å². The molecule has 2 aliphatic carbocycles. The quantitative estimate of drug-likeness (QED) is 0.639. The average Bonchev–Trinajstić information content (AvgIpc) is 3.16. The highest BCUT2D eigenvalue weighted by molar-refractivity contribution is 5.64. The Labute approximate surface area is 197 Å². The molecule has 10 heteroatoms. The summed E-state index contributed by atoms with van der Waals surface area (Å²) in [6, 6.07) is 4.45. The summed E-state index contributed by atoms with van der Waals surface area (Å²) in [5.41, 5.74) is 8.27. The fourth-order valence-corrected chi connectivity index (χ4v) is 5.69. The van der Waals surface area contributed by atoms with Gasteiger partial charge in [-0.25, -0.2) is 4.98 Å². The van der Waals surface area contributed by atoms with Crippen LogP contribution in [0.1, 0.15) is 50.8 Å². The first kappa shape index (κ1) is 23.4. The van der Waals surface area contributed by atoms with Crippen molar-refractivity contribution in [2.45, 2.75) is 57.3 Å². The Morgan fingerprint density at radius 2 is 1.91 bits per heavy atom. The smallest absolute Gasteiger partial charge is 0.422 e. The number of alkyl halides is 3. The Kier molecular flexibility index (Phi) is 6.22. The van der Waals surface area contributed by atoms with Gasteiger partial charge in [0.2, 0.25) is 0 Å². The number of nitrogens with two attached hydrogens (primary N) is 1. The molecule has 5 rings (SSSR count). The number of morpholine rings is 1. The minimum atomic E-state index is -4.45. The van der Waals surface area contributed by atoms with E-state index in [2.05, 4.69) is 34.5 Å². The molecule has 1 aliphatic heterocycles. The molecule has 0 aromatic carbocycles. The van der Waals surface area contributed by atoms with Gasteiger partial charge in [-0.15, -0.1) is 0 Å². The summed E-state index contributed by atoms with van der Waals surface area (Å²) in [5, 5.41) is 4.86. The van der Waals surface area contributed by atoms with Crippen molar-refractivity contribution in [1.82, 2.24) is 19.7 Å². The second-order valence-corrected chi connectivity index (χ2v) is 9.79. The van der Waals surface area contributed by atoms with Crippen molar-refractivity contribution < 1.29 is 22.6 Å². The molecule has 3 atom stereocenters. The van der Waals surface area contributed by atoms with Crippen LogP contribution < -0.4 is 10.5 Å². The van der Waals surface area contributed by atoms with E-state index in [1.165, 1.54) is 24.6 Å². The summed E-state index contributed by atoms with van der Waals surface area (Å²) >= 11 is 0. The number of nitrogen functional groups attached to an aromatic ring is 1. The van der Waals surface area contributed by atoms with Crippen molar-refractivity contribution in [1.29, 1.82) is 0 Å². The number of pyridine rings is 1. The van der Waals surface area contributed by atoms with Crippen LogP contribution in [0.3, 0.4) is 0 Å². The number of anilines is 1. The van der Waals surface area contributed by atoms with Crippen molar-refractivity contribution in [3.8, 4) is 17.0 Å². The van der Waals surface area contributed by atoms with E-state index in [9.17, 15) is 13.2 Å². The molecule has 0 spiro atoms. The predicted molar refractivity (Wildman–Crippen MR) is 122 cm³/mol. The third-order valence-corrected chi connectivity index (χ3v) is 7.67. The van der Waals surface area contributed by atoms with Crippen molar-refractivity contribution in [2.75, 3.05) is 38.6 Å². The van der Waals surface area contributed by atoms with Crippen molar-refractivity contribution in [2.24, 2.45) is 11.8 Å². The van der Waals surface area contributed by atoms with Crippen molar-refractivity contribution >= 4 is 5.82 Å². The molecule has 3 fully saturated rings. The molecule has 2 saturated carbocycles. The molecule has 3 aliphatic rings. The summed E-state index contributed by atoms with van der Waals surface area (Å²) in [6.07, 6.45) is 0.443. The molecule has 34 heavy (non-hydrogen) atoms.